The highest BCUT2D eigenvalue weighted by molar-refractivity contribution is 5.48. The zero-order chi connectivity index (χ0) is 13.0. The molecule has 0 saturated carbocycles. The van der Waals surface area contributed by atoms with Crippen LogP contribution in [0.4, 0.5) is 10.1 Å². The summed E-state index contributed by atoms with van der Waals surface area (Å²) in [6.45, 7) is 1.35. The van der Waals surface area contributed by atoms with E-state index in [0.717, 1.165) is 16.8 Å². The van der Waals surface area contributed by atoms with Gasteiger partial charge in [-0.1, -0.05) is 0 Å². The summed E-state index contributed by atoms with van der Waals surface area (Å²) in [5.74, 6) is -0.211. The Bertz CT molecular complexity index is 497. The van der Waals surface area contributed by atoms with Crippen LogP contribution in [0.3, 0.4) is 0 Å². The Morgan fingerprint density at radius 2 is 2.11 bits per heavy atom. The zero-order valence-electron chi connectivity index (χ0n) is 10.6. The Labute approximate surface area is 106 Å². The van der Waals surface area contributed by atoms with E-state index in [2.05, 4.69) is 5.32 Å². The molecule has 0 bridgehead atoms. The predicted octanol–water partition coefficient (Wildman–Crippen LogP) is 2.77. The van der Waals surface area contributed by atoms with Gasteiger partial charge in [0.1, 0.15) is 5.82 Å². The van der Waals surface area contributed by atoms with Crippen molar-refractivity contribution in [2.24, 2.45) is 0 Å². The van der Waals surface area contributed by atoms with Gasteiger partial charge in [-0.25, -0.2) is 4.39 Å². The molecule has 0 saturated heterocycles. The highest BCUT2D eigenvalue weighted by Gasteiger charge is 2.06. The molecule has 0 atom stereocenters. The summed E-state index contributed by atoms with van der Waals surface area (Å²) in [4.78, 5) is 1.99. The minimum atomic E-state index is -0.211. The second-order valence-corrected chi connectivity index (χ2v) is 4.34. The number of nitrogens with zero attached hydrogens (tertiary/aromatic N) is 1. The predicted molar refractivity (Wildman–Crippen MR) is 70.0 cm³/mol. The first-order chi connectivity index (χ1) is 8.69. The Morgan fingerprint density at radius 1 is 1.28 bits per heavy atom. The summed E-state index contributed by atoms with van der Waals surface area (Å²) in [5, 5.41) is 3.02. The van der Waals surface area contributed by atoms with Gasteiger partial charge in [0.15, 0.2) is 0 Å². The Balaban J connectivity index is 2.16. The van der Waals surface area contributed by atoms with Crippen molar-refractivity contribution in [2.75, 3.05) is 19.0 Å². The molecule has 3 nitrogen and oxygen atoms in total. The van der Waals surface area contributed by atoms with Crippen LogP contribution < -0.4 is 10.2 Å². The minimum Gasteiger partial charge on any atom is -0.472 e. The van der Waals surface area contributed by atoms with Gasteiger partial charge >= 0.3 is 0 Å². The summed E-state index contributed by atoms with van der Waals surface area (Å²) in [7, 11) is 3.78. The van der Waals surface area contributed by atoms with Crippen LogP contribution in [0.1, 0.15) is 11.1 Å². The lowest BCUT2D eigenvalue weighted by molar-refractivity contribution is 0.563. The second kappa shape index (κ2) is 5.69. The van der Waals surface area contributed by atoms with E-state index in [1.165, 1.54) is 0 Å². The molecule has 18 heavy (non-hydrogen) atoms. The molecule has 2 rings (SSSR count). The summed E-state index contributed by atoms with van der Waals surface area (Å²) >= 11 is 0. The van der Waals surface area contributed by atoms with E-state index in [-0.39, 0.29) is 5.82 Å². The molecule has 0 amide bonds. The van der Waals surface area contributed by atoms with E-state index in [4.69, 9.17) is 4.42 Å². The highest BCUT2D eigenvalue weighted by atomic mass is 19.1. The molecular weight excluding hydrogens is 231 g/mol. The molecule has 1 N–H and O–H groups in total. The molecule has 4 heteroatoms. The minimum absolute atomic E-state index is 0.211. The third kappa shape index (κ3) is 3.11. The van der Waals surface area contributed by atoms with Crippen molar-refractivity contribution in [3.63, 3.8) is 0 Å². The molecule has 0 aliphatic rings. The first-order valence-electron chi connectivity index (χ1n) is 5.85. The number of rotatable bonds is 5. The van der Waals surface area contributed by atoms with E-state index < -0.39 is 0 Å². The third-order valence-corrected chi connectivity index (χ3v) is 2.76. The van der Waals surface area contributed by atoms with Crippen LogP contribution in [0.15, 0.2) is 41.2 Å². The van der Waals surface area contributed by atoms with Crippen molar-refractivity contribution in [3.05, 3.63) is 53.7 Å². The maximum Gasteiger partial charge on any atom is 0.125 e. The summed E-state index contributed by atoms with van der Waals surface area (Å²) in [5.41, 5.74) is 2.87. The SMILES string of the molecule is CNCc1cc(F)cc(N(C)Cc2ccoc2)c1. The fourth-order valence-corrected chi connectivity index (χ4v) is 1.91. The standard InChI is InChI=1S/C14H17FN2O/c1-16-8-12-5-13(15)7-14(6-12)17(2)9-11-3-4-18-10-11/h3-7,10,16H,8-9H2,1-2H3. The second-order valence-electron chi connectivity index (χ2n) is 4.34. The molecule has 2 aromatic rings. The summed E-state index contributed by atoms with van der Waals surface area (Å²) < 4.78 is 18.5. The van der Waals surface area contributed by atoms with Crippen molar-refractivity contribution < 1.29 is 8.81 Å². The normalized spacial score (nSPS) is 10.6. The fraction of sp³-hybridized carbons (Fsp3) is 0.286. The zero-order valence-corrected chi connectivity index (χ0v) is 10.6. The van der Waals surface area contributed by atoms with Crippen LogP contribution in [0, 0.1) is 5.82 Å². The molecule has 1 heterocycles. The van der Waals surface area contributed by atoms with E-state index in [1.807, 2.05) is 31.1 Å². The smallest absolute Gasteiger partial charge is 0.125 e. The number of hydrogen-bond acceptors (Lipinski definition) is 3. The number of furan rings is 1. The van der Waals surface area contributed by atoms with Gasteiger partial charge in [0, 0.05) is 31.4 Å². The van der Waals surface area contributed by atoms with Gasteiger partial charge < -0.3 is 14.6 Å². The fourth-order valence-electron chi connectivity index (χ4n) is 1.91. The van der Waals surface area contributed by atoms with Gasteiger partial charge in [0.2, 0.25) is 0 Å². The number of anilines is 1. The van der Waals surface area contributed by atoms with Crippen LogP contribution in [-0.4, -0.2) is 14.1 Å². The third-order valence-electron chi connectivity index (χ3n) is 2.76. The quantitative estimate of drug-likeness (QED) is 0.882. The Morgan fingerprint density at radius 3 is 2.78 bits per heavy atom. The average Bonchev–Trinajstić information content (AvgIpc) is 2.81. The summed E-state index contributed by atoms with van der Waals surface area (Å²) in [6, 6.07) is 6.98. The van der Waals surface area contributed by atoms with E-state index >= 15 is 0 Å². The first-order valence-corrected chi connectivity index (χ1v) is 5.85. The van der Waals surface area contributed by atoms with Crippen LogP contribution in [0.25, 0.3) is 0 Å². The lowest BCUT2D eigenvalue weighted by Gasteiger charge is -2.19. The average molecular weight is 248 g/mol. The monoisotopic (exact) mass is 248 g/mol. The van der Waals surface area contributed by atoms with Gasteiger partial charge in [-0.2, -0.15) is 0 Å². The van der Waals surface area contributed by atoms with E-state index in [0.29, 0.717) is 13.1 Å². The van der Waals surface area contributed by atoms with Crippen LogP contribution in [0.5, 0.6) is 0 Å². The van der Waals surface area contributed by atoms with Crippen LogP contribution in [0.2, 0.25) is 0 Å². The molecule has 0 aliphatic heterocycles. The van der Waals surface area contributed by atoms with Gasteiger partial charge in [-0.15, -0.1) is 0 Å². The summed E-state index contributed by atoms with van der Waals surface area (Å²) in [6.07, 6.45) is 3.34. The molecule has 0 aliphatic carbocycles. The number of nitrogens with one attached hydrogen (secondary N) is 1. The molecular formula is C14H17FN2O. The topological polar surface area (TPSA) is 28.4 Å². The van der Waals surface area contributed by atoms with E-state index in [1.54, 1.807) is 24.7 Å². The number of benzene rings is 1. The largest absolute Gasteiger partial charge is 0.472 e. The van der Waals surface area contributed by atoms with Crippen LogP contribution in [-0.2, 0) is 13.1 Å². The molecule has 0 unspecified atom stereocenters. The van der Waals surface area contributed by atoms with Crippen LogP contribution >= 0.6 is 0 Å². The maximum absolute atomic E-state index is 13.5. The molecule has 0 radical (unpaired) electrons. The van der Waals surface area contributed by atoms with Gasteiger partial charge in [0.05, 0.1) is 12.5 Å². The lowest BCUT2D eigenvalue weighted by Crippen LogP contribution is -2.17. The van der Waals surface area contributed by atoms with Gasteiger partial charge in [0.25, 0.3) is 0 Å². The number of hydrogen-bond donors (Lipinski definition) is 1. The molecule has 0 fully saturated rings. The van der Waals surface area contributed by atoms with E-state index in [9.17, 15) is 4.39 Å². The lowest BCUT2D eigenvalue weighted by atomic mass is 10.1. The van der Waals surface area contributed by atoms with Crippen molar-refractivity contribution in [3.8, 4) is 0 Å². The van der Waals surface area contributed by atoms with Crippen molar-refractivity contribution in [1.29, 1.82) is 0 Å². The van der Waals surface area contributed by atoms with Gasteiger partial charge in [-0.3, -0.25) is 0 Å². The molecule has 1 aromatic carbocycles. The molecule has 1 aromatic heterocycles. The molecule has 0 spiro atoms. The van der Waals surface area contributed by atoms with Crippen molar-refractivity contribution in [2.45, 2.75) is 13.1 Å². The first kappa shape index (κ1) is 12.6. The highest BCUT2D eigenvalue weighted by Crippen LogP contribution is 2.19. The van der Waals surface area contributed by atoms with Crippen molar-refractivity contribution in [1.82, 2.24) is 5.32 Å². The molecule has 96 valence electrons. The maximum atomic E-state index is 13.5. The van der Waals surface area contributed by atoms with Crippen molar-refractivity contribution >= 4 is 5.69 Å². The van der Waals surface area contributed by atoms with Gasteiger partial charge in [-0.05, 0) is 36.9 Å². The number of halogens is 1. The Hall–Kier alpha value is -1.81. The Kier molecular flexibility index (Phi) is 3.99.